The van der Waals surface area contributed by atoms with E-state index in [1.807, 2.05) is 26.2 Å². The number of methoxy groups -OCH3 is 2. The zero-order valence-electron chi connectivity index (χ0n) is 15.5. The standard InChI is InChI=1S/C20H22N2O3S/c1-20(2,3)16-12-26-19(15(16)11-21)22-18(23)9-6-13-10-14(24-4)7-8-17(13)25-5/h6-10,12H,1-5H3,(H,22,23)/b9-6+. The Morgan fingerprint density at radius 1 is 1.27 bits per heavy atom. The number of rotatable bonds is 5. The summed E-state index contributed by atoms with van der Waals surface area (Å²) in [6.45, 7) is 6.11. The molecule has 0 radical (unpaired) electrons. The predicted octanol–water partition coefficient (Wildman–Crippen LogP) is 4.59. The molecule has 1 heterocycles. The van der Waals surface area contributed by atoms with Crippen LogP contribution >= 0.6 is 11.3 Å². The van der Waals surface area contributed by atoms with Crippen molar-refractivity contribution in [2.45, 2.75) is 26.2 Å². The number of nitrogens with one attached hydrogen (secondary N) is 1. The van der Waals surface area contributed by atoms with Gasteiger partial charge in [-0.3, -0.25) is 4.79 Å². The van der Waals surface area contributed by atoms with Gasteiger partial charge in [-0.1, -0.05) is 20.8 Å². The van der Waals surface area contributed by atoms with Crippen LogP contribution < -0.4 is 14.8 Å². The van der Waals surface area contributed by atoms with Gasteiger partial charge in [0, 0.05) is 11.6 Å². The summed E-state index contributed by atoms with van der Waals surface area (Å²) in [6.07, 6.45) is 3.07. The lowest BCUT2D eigenvalue weighted by Gasteiger charge is -2.17. The smallest absolute Gasteiger partial charge is 0.249 e. The van der Waals surface area contributed by atoms with E-state index < -0.39 is 0 Å². The molecule has 1 aromatic heterocycles. The Hall–Kier alpha value is -2.78. The van der Waals surface area contributed by atoms with E-state index in [-0.39, 0.29) is 11.3 Å². The molecule has 0 saturated heterocycles. The summed E-state index contributed by atoms with van der Waals surface area (Å²) in [6, 6.07) is 7.55. The van der Waals surface area contributed by atoms with E-state index in [1.54, 1.807) is 38.5 Å². The number of hydrogen-bond acceptors (Lipinski definition) is 5. The summed E-state index contributed by atoms with van der Waals surface area (Å²) in [4.78, 5) is 12.3. The molecule has 0 atom stereocenters. The molecule has 1 N–H and O–H groups in total. The van der Waals surface area contributed by atoms with Crippen molar-refractivity contribution >= 4 is 28.3 Å². The maximum atomic E-state index is 12.3. The van der Waals surface area contributed by atoms with Crippen LogP contribution in [0.5, 0.6) is 11.5 Å². The molecule has 6 heteroatoms. The molecule has 0 saturated carbocycles. The lowest BCUT2D eigenvalue weighted by Crippen LogP contribution is -2.13. The Balaban J connectivity index is 2.21. The van der Waals surface area contributed by atoms with Gasteiger partial charge in [0.2, 0.25) is 5.91 Å². The minimum absolute atomic E-state index is 0.158. The Bertz CT molecular complexity index is 870. The van der Waals surface area contributed by atoms with Gasteiger partial charge in [0.1, 0.15) is 22.6 Å². The second-order valence-electron chi connectivity index (χ2n) is 6.65. The van der Waals surface area contributed by atoms with Crippen LogP contribution in [0.15, 0.2) is 29.7 Å². The number of thiophene rings is 1. The molecule has 2 rings (SSSR count). The van der Waals surface area contributed by atoms with Crippen LogP contribution in [0, 0.1) is 11.3 Å². The zero-order chi connectivity index (χ0) is 19.3. The molecule has 0 bridgehead atoms. The van der Waals surface area contributed by atoms with Gasteiger partial charge in [-0.25, -0.2) is 0 Å². The lowest BCUT2D eigenvalue weighted by atomic mass is 9.86. The van der Waals surface area contributed by atoms with Crippen molar-refractivity contribution in [1.29, 1.82) is 5.26 Å². The highest BCUT2D eigenvalue weighted by molar-refractivity contribution is 7.14. The second-order valence-corrected chi connectivity index (χ2v) is 7.53. The number of carbonyl (C=O) groups is 1. The molecule has 136 valence electrons. The fourth-order valence-corrected chi connectivity index (χ4v) is 3.54. The Kier molecular flexibility index (Phi) is 6.06. The van der Waals surface area contributed by atoms with Gasteiger partial charge in [0.05, 0.1) is 19.8 Å². The number of amides is 1. The minimum atomic E-state index is -0.311. The molecule has 0 spiro atoms. The van der Waals surface area contributed by atoms with Crippen LogP contribution in [-0.2, 0) is 10.2 Å². The number of nitriles is 1. The SMILES string of the molecule is COc1ccc(OC)c(/C=C/C(=O)Nc2scc(C(C)(C)C)c2C#N)c1. The summed E-state index contributed by atoms with van der Waals surface area (Å²) in [7, 11) is 3.15. The van der Waals surface area contributed by atoms with Gasteiger partial charge in [0.25, 0.3) is 0 Å². The quantitative estimate of drug-likeness (QED) is 0.782. The van der Waals surface area contributed by atoms with E-state index in [4.69, 9.17) is 9.47 Å². The van der Waals surface area contributed by atoms with Crippen molar-refractivity contribution in [3.05, 3.63) is 46.3 Å². The van der Waals surface area contributed by atoms with Crippen LogP contribution in [-0.4, -0.2) is 20.1 Å². The van der Waals surface area contributed by atoms with Gasteiger partial charge in [-0.05, 0) is 40.6 Å². The molecule has 1 aromatic carbocycles. The third-order valence-electron chi connectivity index (χ3n) is 3.80. The maximum Gasteiger partial charge on any atom is 0.249 e. The second kappa shape index (κ2) is 8.07. The Morgan fingerprint density at radius 3 is 2.58 bits per heavy atom. The summed E-state index contributed by atoms with van der Waals surface area (Å²) >= 11 is 1.36. The summed E-state index contributed by atoms with van der Waals surface area (Å²) in [5.41, 5.74) is 2.01. The Morgan fingerprint density at radius 2 is 2.00 bits per heavy atom. The first-order valence-electron chi connectivity index (χ1n) is 8.03. The number of ether oxygens (including phenoxy) is 2. The lowest BCUT2D eigenvalue weighted by molar-refractivity contribution is -0.111. The summed E-state index contributed by atoms with van der Waals surface area (Å²) < 4.78 is 10.5. The van der Waals surface area contributed by atoms with Crippen LogP contribution in [0.25, 0.3) is 6.08 Å². The van der Waals surface area contributed by atoms with Crippen LogP contribution in [0.1, 0.15) is 37.5 Å². The van der Waals surface area contributed by atoms with Crippen LogP contribution in [0.2, 0.25) is 0 Å². The van der Waals surface area contributed by atoms with Gasteiger partial charge in [-0.15, -0.1) is 11.3 Å². The zero-order valence-corrected chi connectivity index (χ0v) is 16.4. The monoisotopic (exact) mass is 370 g/mol. The Labute approximate surface area is 157 Å². The van der Waals surface area contributed by atoms with Gasteiger partial charge < -0.3 is 14.8 Å². The van der Waals surface area contributed by atoms with E-state index in [0.717, 1.165) is 11.1 Å². The average Bonchev–Trinajstić information content (AvgIpc) is 3.02. The van der Waals surface area contributed by atoms with Crippen LogP contribution in [0.4, 0.5) is 5.00 Å². The summed E-state index contributed by atoms with van der Waals surface area (Å²) in [5, 5.41) is 14.7. The largest absolute Gasteiger partial charge is 0.497 e. The van der Waals surface area contributed by atoms with E-state index in [0.29, 0.717) is 22.1 Å². The van der Waals surface area contributed by atoms with Gasteiger partial charge in [-0.2, -0.15) is 5.26 Å². The van der Waals surface area contributed by atoms with E-state index in [9.17, 15) is 10.1 Å². The molecule has 0 aliphatic heterocycles. The fraction of sp³-hybridized carbons (Fsp3) is 0.300. The fourth-order valence-electron chi connectivity index (χ4n) is 2.40. The van der Waals surface area contributed by atoms with E-state index in [1.165, 1.54) is 17.4 Å². The molecule has 26 heavy (non-hydrogen) atoms. The normalized spacial score (nSPS) is 11.2. The third-order valence-corrected chi connectivity index (χ3v) is 4.69. The number of carbonyl (C=O) groups excluding carboxylic acids is 1. The number of nitrogens with zero attached hydrogens (tertiary/aromatic N) is 1. The van der Waals surface area contributed by atoms with Crippen molar-refractivity contribution in [2.24, 2.45) is 0 Å². The highest BCUT2D eigenvalue weighted by Gasteiger charge is 2.22. The first kappa shape index (κ1) is 19.5. The summed E-state index contributed by atoms with van der Waals surface area (Å²) in [5.74, 6) is 0.998. The third kappa shape index (κ3) is 4.44. The number of benzene rings is 1. The molecule has 0 aliphatic rings. The molecule has 2 aromatic rings. The van der Waals surface area contributed by atoms with Gasteiger partial charge >= 0.3 is 0 Å². The minimum Gasteiger partial charge on any atom is -0.497 e. The first-order chi connectivity index (χ1) is 12.3. The average molecular weight is 370 g/mol. The molecule has 1 amide bonds. The highest BCUT2D eigenvalue weighted by atomic mass is 32.1. The van der Waals surface area contributed by atoms with Crippen molar-refractivity contribution in [3.63, 3.8) is 0 Å². The molecule has 0 aliphatic carbocycles. The van der Waals surface area contributed by atoms with E-state index in [2.05, 4.69) is 11.4 Å². The van der Waals surface area contributed by atoms with Crippen LogP contribution in [0.3, 0.4) is 0 Å². The topological polar surface area (TPSA) is 71.3 Å². The molecule has 5 nitrogen and oxygen atoms in total. The molecule has 0 unspecified atom stereocenters. The molecular weight excluding hydrogens is 348 g/mol. The van der Waals surface area contributed by atoms with Gasteiger partial charge in [0.15, 0.2) is 0 Å². The number of anilines is 1. The molecule has 0 fully saturated rings. The number of hydrogen-bond donors (Lipinski definition) is 1. The van der Waals surface area contributed by atoms with E-state index >= 15 is 0 Å². The first-order valence-corrected chi connectivity index (χ1v) is 8.91. The van der Waals surface area contributed by atoms with Crippen molar-refractivity contribution in [2.75, 3.05) is 19.5 Å². The predicted molar refractivity (Wildman–Crippen MR) is 105 cm³/mol. The highest BCUT2D eigenvalue weighted by Crippen LogP contribution is 2.35. The van der Waals surface area contributed by atoms with Crippen molar-refractivity contribution < 1.29 is 14.3 Å². The molecular formula is C20H22N2O3S. The van der Waals surface area contributed by atoms with Crippen molar-refractivity contribution in [3.8, 4) is 17.6 Å². The maximum absolute atomic E-state index is 12.3. The van der Waals surface area contributed by atoms with Crippen molar-refractivity contribution in [1.82, 2.24) is 0 Å².